The van der Waals surface area contributed by atoms with Gasteiger partial charge in [-0.05, 0) is 60.2 Å². The lowest BCUT2D eigenvalue weighted by molar-refractivity contribution is 0.432. The molecule has 0 radical (unpaired) electrons. The predicted octanol–water partition coefficient (Wildman–Crippen LogP) is 5.46. The number of rotatable bonds is 7. The molecule has 0 spiro atoms. The van der Waals surface area contributed by atoms with E-state index in [2.05, 4.69) is 14.6 Å². The molecule has 8 heteroatoms. The first-order valence-electron chi connectivity index (χ1n) is 11.4. The topological polar surface area (TPSA) is 88.0 Å². The Kier molecular flexibility index (Phi) is 5.88. The molecular weight excluding hydrogens is 437 g/mol. The Morgan fingerprint density at radius 3 is 2.79 bits per heavy atom. The number of anilines is 1. The first-order valence-corrected chi connectivity index (χ1v) is 12.2. The molecule has 2 aliphatic rings. The van der Waals surface area contributed by atoms with Gasteiger partial charge in [-0.3, -0.25) is 5.41 Å². The Morgan fingerprint density at radius 2 is 2.12 bits per heavy atom. The van der Waals surface area contributed by atoms with Crippen molar-refractivity contribution >= 4 is 23.3 Å². The Morgan fingerprint density at radius 1 is 1.30 bits per heavy atom. The van der Waals surface area contributed by atoms with Gasteiger partial charge in [0.1, 0.15) is 5.71 Å². The van der Waals surface area contributed by atoms with Crippen LogP contribution in [0.2, 0.25) is 0 Å². The molecule has 0 saturated heterocycles. The van der Waals surface area contributed by atoms with Crippen molar-refractivity contribution in [2.45, 2.75) is 50.9 Å². The van der Waals surface area contributed by atoms with E-state index in [-0.39, 0.29) is 5.75 Å². The summed E-state index contributed by atoms with van der Waals surface area (Å²) in [5.41, 5.74) is 6.38. The van der Waals surface area contributed by atoms with Gasteiger partial charge in [0.2, 0.25) is 0 Å². The van der Waals surface area contributed by atoms with Crippen molar-refractivity contribution in [3.8, 4) is 16.9 Å². The maximum atomic E-state index is 14.1. The molecule has 0 amide bonds. The number of benzene rings is 2. The van der Waals surface area contributed by atoms with E-state index in [0.717, 1.165) is 57.7 Å². The second-order valence-electron chi connectivity index (χ2n) is 8.67. The van der Waals surface area contributed by atoms with Gasteiger partial charge in [0.05, 0.1) is 24.5 Å². The third kappa shape index (κ3) is 4.13. The highest BCUT2D eigenvalue weighted by molar-refractivity contribution is 7.97. The number of nitrogens with one attached hydrogen (secondary N) is 3. The average molecular weight is 466 g/mol. The van der Waals surface area contributed by atoms with Gasteiger partial charge >= 0.3 is 0 Å². The number of aromatic amines is 1. The van der Waals surface area contributed by atoms with Crippen molar-refractivity contribution < 1.29 is 9.50 Å². The number of nitrogens with zero attached hydrogens (tertiary/aromatic N) is 2. The number of fused-ring (bicyclic) bond motifs is 1. The van der Waals surface area contributed by atoms with E-state index in [1.54, 1.807) is 0 Å². The fraction of sp³-hybridized carbons (Fsp3) is 0.360. The number of imidazole rings is 1. The molecule has 2 heterocycles. The third-order valence-corrected chi connectivity index (χ3v) is 7.86. The van der Waals surface area contributed by atoms with Crippen LogP contribution in [0.25, 0.3) is 11.1 Å². The smallest absolute Gasteiger partial charge is 0.165 e. The number of halogens is 1. The molecule has 3 aromatic rings. The molecule has 0 bridgehead atoms. The Bertz CT molecular complexity index is 1200. The minimum atomic E-state index is -0.639. The quantitative estimate of drug-likeness (QED) is 0.275. The molecule has 2 aromatic carbocycles. The van der Waals surface area contributed by atoms with Gasteiger partial charge in [0, 0.05) is 23.5 Å². The summed E-state index contributed by atoms with van der Waals surface area (Å²) >= 11 is 1.94. The van der Waals surface area contributed by atoms with Crippen LogP contribution in [-0.4, -0.2) is 37.4 Å². The summed E-state index contributed by atoms with van der Waals surface area (Å²) in [5, 5.41) is 22.5. The van der Waals surface area contributed by atoms with Crippen LogP contribution in [0.4, 0.5) is 10.1 Å². The Balaban J connectivity index is 1.39. The van der Waals surface area contributed by atoms with Gasteiger partial charge in [-0.2, -0.15) is 0 Å². The molecule has 0 unspecified atom stereocenters. The molecule has 33 heavy (non-hydrogen) atoms. The second-order valence-corrected chi connectivity index (χ2v) is 10.1. The van der Waals surface area contributed by atoms with Crippen molar-refractivity contribution in [3.05, 3.63) is 64.5 Å². The van der Waals surface area contributed by atoms with Crippen LogP contribution in [0, 0.1) is 11.2 Å². The third-order valence-electron chi connectivity index (χ3n) is 6.53. The number of H-pyrrole nitrogens is 1. The van der Waals surface area contributed by atoms with Crippen LogP contribution < -0.4 is 5.32 Å². The maximum absolute atomic E-state index is 14.1. The van der Waals surface area contributed by atoms with Crippen molar-refractivity contribution in [3.63, 3.8) is 0 Å². The van der Waals surface area contributed by atoms with E-state index in [9.17, 15) is 9.50 Å². The number of phenols is 1. The highest BCUT2D eigenvalue weighted by Crippen LogP contribution is 2.38. The Labute approximate surface area is 197 Å². The molecule has 172 valence electrons. The molecule has 1 fully saturated rings. The number of hydrogen-bond acceptors (Lipinski definition) is 6. The van der Waals surface area contributed by atoms with Crippen molar-refractivity contribution in [1.82, 2.24) is 14.3 Å². The normalized spacial score (nSPS) is 16.0. The number of phenolic OH excluding ortho intramolecular Hbond substituents is 1. The zero-order valence-electron chi connectivity index (χ0n) is 18.8. The van der Waals surface area contributed by atoms with Gasteiger partial charge < -0.3 is 15.4 Å². The van der Waals surface area contributed by atoms with Gasteiger partial charge in [0.25, 0.3) is 0 Å². The van der Waals surface area contributed by atoms with Crippen LogP contribution in [-0.2, 0) is 19.5 Å². The van der Waals surface area contributed by atoms with Gasteiger partial charge in [-0.1, -0.05) is 31.4 Å². The van der Waals surface area contributed by atoms with E-state index in [1.807, 2.05) is 44.1 Å². The SMILES string of the molecule is CCc1cc(O)c(F)cc1-c1ccc(C(=N)c2nc3c([nH]2)CN(SC2CCC2)C3)c(NC)c1. The summed E-state index contributed by atoms with van der Waals surface area (Å²) < 4.78 is 16.4. The summed E-state index contributed by atoms with van der Waals surface area (Å²) in [5.74, 6) is -0.402. The summed E-state index contributed by atoms with van der Waals surface area (Å²) in [7, 11) is 1.81. The second kappa shape index (κ2) is 8.83. The molecule has 5 rings (SSSR count). The molecule has 0 atom stereocenters. The summed E-state index contributed by atoms with van der Waals surface area (Å²) in [6, 6.07) is 8.54. The number of aromatic nitrogens is 2. The molecule has 4 N–H and O–H groups in total. The highest BCUT2D eigenvalue weighted by atomic mass is 32.2. The monoisotopic (exact) mass is 465 g/mol. The molecule has 1 aliphatic carbocycles. The van der Waals surface area contributed by atoms with Crippen LogP contribution in [0.1, 0.15) is 54.5 Å². The lowest BCUT2D eigenvalue weighted by atomic mass is 9.95. The lowest BCUT2D eigenvalue weighted by Gasteiger charge is -2.28. The largest absolute Gasteiger partial charge is 0.505 e. The van der Waals surface area contributed by atoms with E-state index < -0.39 is 5.82 Å². The van der Waals surface area contributed by atoms with Gasteiger partial charge in [-0.25, -0.2) is 13.7 Å². The van der Waals surface area contributed by atoms with Crippen molar-refractivity contribution in [2.75, 3.05) is 12.4 Å². The fourth-order valence-electron chi connectivity index (χ4n) is 4.42. The number of aromatic hydroxyl groups is 1. The molecule has 1 saturated carbocycles. The zero-order valence-corrected chi connectivity index (χ0v) is 19.7. The lowest BCUT2D eigenvalue weighted by Crippen LogP contribution is -2.20. The summed E-state index contributed by atoms with van der Waals surface area (Å²) in [4.78, 5) is 8.10. The van der Waals surface area contributed by atoms with E-state index in [1.165, 1.54) is 31.4 Å². The molecule has 1 aliphatic heterocycles. The van der Waals surface area contributed by atoms with Crippen LogP contribution >= 0.6 is 11.9 Å². The Hall–Kier alpha value is -2.84. The van der Waals surface area contributed by atoms with Crippen LogP contribution in [0.5, 0.6) is 5.75 Å². The minimum Gasteiger partial charge on any atom is -0.505 e. The zero-order chi connectivity index (χ0) is 23.1. The van der Waals surface area contributed by atoms with E-state index >= 15 is 0 Å². The highest BCUT2D eigenvalue weighted by Gasteiger charge is 2.29. The summed E-state index contributed by atoms with van der Waals surface area (Å²) in [6.07, 6.45) is 4.61. The minimum absolute atomic E-state index is 0.325. The van der Waals surface area contributed by atoms with Gasteiger partial charge in [-0.15, -0.1) is 0 Å². The number of aryl methyl sites for hydroxylation is 1. The fourth-order valence-corrected chi connectivity index (χ4v) is 5.78. The molecule has 1 aromatic heterocycles. The molecular formula is C25H28FN5OS. The van der Waals surface area contributed by atoms with Crippen LogP contribution in [0.15, 0.2) is 30.3 Å². The standard InChI is InChI=1S/C25H28FN5OS/c1-3-14-10-23(32)19(26)11-18(14)15-7-8-17(20(9-15)28-2)24(27)25-29-21-12-31(13-22(21)30-25)33-16-5-4-6-16/h7-11,16,27-28,32H,3-6,12-13H2,1-2H3,(H,29,30). The summed E-state index contributed by atoms with van der Waals surface area (Å²) in [6.45, 7) is 3.62. The maximum Gasteiger partial charge on any atom is 0.165 e. The van der Waals surface area contributed by atoms with Crippen LogP contribution in [0.3, 0.4) is 0 Å². The predicted molar refractivity (Wildman–Crippen MR) is 131 cm³/mol. The van der Waals surface area contributed by atoms with E-state index in [4.69, 9.17) is 10.4 Å². The first-order chi connectivity index (χ1) is 16.0. The van der Waals surface area contributed by atoms with Crippen molar-refractivity contribution in [1.29, 1.82) is 5.41 Å². The van der Waals surface area contributed by atoms with Crippen molar-refractivity contribution in [2.24, 2.45) is 0 Å². The molecule has 6 nitrogen and oxygen atoms in total. The first kappa shape index (κ1) is 22.0. The van der Waals surface area contributed by atoms with E-state index in [0.29, 0.717) is 18.0 Å². The average Bonchev–Trinajstić information content (AvgIpc) is 3.35. The van der Waals surface area contributed by atoms with Gasteiger partial charge in [0.15, 0.2) is 17.4 Å². The number of hydrogen-bond donors (Lipinski definition) is 4.